The van der Waals surface area contributed by atoms with Crippen LogP contribution in [0.25, 0.3) is 0 Å². The number of hydrogen-bond acceptors (Lipinski definition) is 3. The number of carbonyl (C=O) groups is 1. The van der Waals surface area contributed by atoms with Gasteiger partial charge < -0.3 is 9.64 Å². The van der Waals surface area contributed by atoms with E-state index in [-0.39, 0.29) is 22.9 Å². The van der Waals surface area contributed by atoms with E-state index in [1.807, 2.05) is 56.9 Å². The van der Waals surface area contributed by atoms with Crippen molar-refractivity contribution >= 4 is 29.3 Å². The van der Waals surface area contributed by atoms with E-state index < -0.39 is 0 Å². The average Bonchev–Trinajstić information content (AvgIpc) is 2.38. The number of nitrogens with zero attached hydrogens (tertiary/aromatic N) is 1. The van der Waals surface area contributed by atoms with E-state index >= 15 is 0 Å². The Balaban J connectivity index is 2.00. The minimum absolute atomic E-state index is 0.0745. The van der Waals surface area contributed by atoms with Crippen LogP contribution in [0.5, 0.6) is 0 Å². The molecule has 5 heteroatoms. The van der Waals surface area contributed by atoms with Gasteiger partial charge in [0.15, 0.2) is 0 Å². The van der Waals surface area contributed by atoms with Gasteiger partial charge in [0, 0.05) is 23.0 Å². The third kappa shape index (κ3) is 4.63. The largest absolute Gasteiger partial charge is 0.369 e. The van der Waals surface area contributed by atoms with Gasteiger partial charge in [-0.25, -0.2) is 0 Å². The van der Waals surface area contributed by atoms with Crippen LogP contribution in [0.4, 0.5) is 0 Å². The number of morpholine rings is 1. The fraction of sp³-hybridized carbons (Fsp3) is 0.562. The molecule has 1 fully saturated rings. The van der Waals surface area contributed by atoms with Crippen LogP contribution in [0.2, 0.25) is 5.02 Å². The Morgan fingerprint density at radius 2 is 2.05 bits per heavy atom. The molecule has 1 aliphatic heterocycles. The third-order valence-electron chi connectivity index (χ3n) is 3.36. The predicted molar refractivity (Wildman–Crippen MR) is 88.0 cm³/mol. The summed E-state index contributed by atoms with van der Waals surface area (Å²) in [6, 6.07) is 7.59. The van der Waals surface area contributed by atoms with E-state index in [1.54, 1.807) is 11.8 Å². The van der Waals surface area contributed by atoms with Crippen molar-refractivity contribution in [2.45, 2.75) is 49.5 Å². The van der Waals surface area contributed by atoms with Crippen LogP contribution >= 0.6 is 23.4 Å². The van der Waals surface area contributed by atoms with Crippen molar-refractivity contribution in [3.8, 4) is 0 Å². The van der Waals surface area contributed by atoms with Crippen LogP contribution in [-0.4, -0.2) is 40.9 Å². The fourth-order valence-electron chi connectivity index (χ4n) is 2.65. The first kappa shape index (κ1) is 16.7. The molecule has 2 unspecified atom stereocenters. The number of halogens is 1. The number of rotatable bonds is 3. The second-order valence-corrected chi connectivity index (χ2v) is 7.97. The minimum Gasteiger partial charge on any atom is -0.369 e. The topological polar surface area (TPSA) is 29.5 Å². The lowest BCUT2D eigenvalue weighted by atomic mass is 10.1. The molecule has 0 saturated carbocycles. The van der Waals surface area contributed by atoms with Crippen LogP contribution < -0.4 is 0 Å². The minimum atomic E-state index is -0.280. The summed E-state index contributed by atoms with van der Waals surface area (Å²) in [5.41, 5.74) is -0.280. The maximum absolute atomic E-state index is 12.6. The standard InChI is InChI=1S/C16H22ClNO2S/c1-11-9-18(10-16(3,4)20-11)15(19)12(2)21-14-7-5-13(17)6-8-14/h5-8,11-12H,9-10H2,1-4H3. The number of amides is 1. The molecule has 116 valence electrons. The van der Waals surface area contributed by atoms with Gasteiger partial charge in [0.1, 0.15) is 0 Å². The molecule has 0 bridgehead atoms. The zero-order valence-electron chi connectivity index (χ0n) is 12.9. The van der Waals surface area contributed by atoms with Gasteiger partial charge in [-0.05, 0) is 52.0 Å². The van der Waals surface area contributed by atoms with Crippen LogP contribution in [0, 0.1) is 0 Å². The Hall–Kier alpha value is -0.710. The van der Waals surface area contributed by atoms with E-state index in [0.29, 0.717) is 18.1 Å². The maximum Gasteiger partial charge on any atom is 0.235 e. The van der Waals surface area contributed by atoms with Crippen molar-refractivity contribution in [3.05, 3.63) is 29.3 Å². The highest BCUT2D eigenvalue weighted by molar-refractivity contribution is 8.00. The van der Waals surface area contributed by atoms with Crippen LogP contribution in [0.3, 0.4) is 0 Å². The molecule has 0 N–H and O–H groups in total. The van der Waals surface area contributed by atoms with Crippen molar-refractivity contribution in [2.24, 2.45) is 0 Å². The Morgan fingerprint density at radius 1 is 1.43 bits per heavy atom. The van der Waals surface area contributed by atoms with Gasteiger partial charge in [0.25, 0.3) is 0 Å². The Labute approximate surface area is 136 Å². The van der Waals surface area contributed by atoms with Crippen LogP contribution in [-0.2, 0) is 9.53 Å². The predicted octanol–water partition coefficient (Wildman–Crippen LogP) is 3.85. The Morgan fingerprint density at radius 3 is 2.62 bits per heavy atom. The van der Waals surface area contributed by atoms with E-state index in [1.165, 1.54) is 0 Å². The van der Waals surface area contributed by atoms with Gasteiger partial charge in [-0.15, -0.1) is 11.8 Å². The van der Waals surface area contributed by atoms with Gasteiger partial charge in [-0.3, -0.25) is 4.79 Å². The molecule has 2 atom stereocenters. The molecule has 1 aromatic rings. The van der Waals surface area contributed by atoms with Crippen LogP contribution in [0.15, 0.2) is 29.2 Å². The second kappa shape index (κ2) is 6.59. The van der Waals surface area contributed by atoms with E-state index in [2.05, 4.69) is 0 Å². The van der Waals surface area contributed by atoms with Gasteiger partial charge in [0.05, 0.1) is 17.0 Å². The summed E-state index contributed by atoms with van der Waals surface area (Å²) in [5.74, 6) is 0.165. The smallest absolute Gasteiger partial charge is 0.235 e. The van der Waals surface area contributed by atoms with Gasteiger partial charge in [-0.2, -0.15) is 0 Å². The second-order valence-electron chi connectivity index (χ2n) is 6.12. The van der Waals surface area contributed by atoms with Crippen molar-refractivity contribution < 1.29 is 9.53 Å². The molecule has 1 saturated heterocycles. The molecule has 0 radical (unpaired) electrons. The molecule has 2 rings (SSSR count). The number of ether oxygens (including phenoxy) is 1. The Kier molecular flexibility index (Phi) is 5.23. The zero-order valence-corrected chi connectivity index (χ0v) is 14.5. The molecule has 1 aliphatic rings. The molecular formula is C16H22ClNO2S. The summed E-state index contributed by atoms with van der Waals surface area (Å²) in [7, 11) is 0. The zero-order chi connectivity index (χ0) is 15.6. The summed E-state index contributed by atoms with van der Waals surface area (Å²) in [5, 5.41) is 0.592. The highest BCUT2D eigenvalue weighted by atomic mass is 35.5. The first-order chi connectivity index (χ1) is 9.77. The molecular weight excluding hydrogens is 306 g/mol. The molecule has 0 aliphatic carbocycles. The normalized spacial score (nSPS) is 22.9. The van der Waals surface area contributed by atoms with Gasteiger partial charge in [-0.1, -0.05) is 11.6 Å². The van der Waals surface area contributed by atoms with Crippen molar-refractivity contribution in [3.63, 3.8) is 0 Å². The first-order valence-electron chi connectivity index (χ1n) is 7.16. The molecule has 1 heterocycles. The number of carbonyl (C=O) groups excluding carboxylic acids is 1. The number of benzene rings is 1. The number of thioether (sulfide) groups is 1. The SMILES string of the molecule is CC1CN(C(=O)C(C)Sc2ccc(Cl)cc2)CC(C)(C)O1. The highest BCUT2D eigenvalue weighted by Gasteiger charge is 2.35. The fourth-order valence-corrected chi connectivity index (χ4v) is 3.72. The molecule has 1 amide bonds. The van der Waals surface area contributed by atoms with E-state index in [0.717, 1.165) is 4.90 Å². The van der Waals surface area contributed by atoms with Gasteiger partial charge >= 0.3 is 0 Å². The molecule has 21 heavy (non-hydrogen) atoms. The van der Waals surface area contributed by atoms with E-state index in [4.69, 9.17) is 16.3 Å². The quantitative estimate of drug-likeness (QED) is 0.790. The molecule has 1 aromatic carbocycles. The average molecular weight is 328 g/mol. The number of hydrogen-bond donors (Lipinski definition) is 0. The van der Waals surface area contributed by atoms with Crippen molar-refractivity contribution in [1.29, 1.82) is 0 Å². The summed E-state index contributed by atoms with van der Waals surface area (Å²) < 4.78 is 5.85. The lowest BCUT2D eigenvalue weighted by molar-refractivity contribution is -0.157. The highest BCUT2D eigenvalue weighted by Crippen LogP contribution is 2.28. The molecule has 0 aromatic heterocycles. The summed E-state index contributed by atoms with van der Waals surface area (Å²) >= 11 is 7.45. The third-order valence-corrected chi connectivity index (χ3v) is 4.71. The summed E-state index contributed by atoms with van der Waals surface area (Å²) in [6.07, 6.45) is 0.0745. The Bertz CT molecular complexity index is 504. The van der Waals surface area contributed by atoms with Gasteiger partial charge in [0.2, 0.25) is 5.91 Å². The monoisotopic (exact) mass is 327 g/mol. The lowest BCUT2D eigenvalue weighted by Crippen LogP contribution is -2.55. The maximum atomic E-state index is 12.6. The summed E-state index contributed by atoms with van der Waals surface area (Å²) in [6.45, 7) is 9.32. The van der Waals surface area contributed by atoms with Crippen LogP contribution in [0.1, 0.15) is 27.7 Å². The van der Waals surface area contributed by atoms with Crippen molar-refractivity contribution in [2.75, 3.05) is 13.1 Å². The molecule has 0 spiro atoms. The van der Waals surface area contributed by atoms with E-state index in [9.17, 15) is 4.79 Å². The molecule has 3 nitrogen and oxygen atoms in total. The first-order valence-corrected chi connectivity index (χ1v) is 8.41. The summed E-state index contributed by atoms with van der Waals surface area (Å²) in [4.78, 5) is 15.6. The lowest BCUT2D eigenvalue weighted by Gasteiger charge is -2.42. The van der Waals surface area contributed by atoms with Crippen molar-refractivity contribution in [1.82, 2.24) is 4.90 Å².